The third kappa shape index (κ3) is 12.1. The average molecular weight is 828 g/mol. The standard InChI is InChI=1S/C46H69NO12/c1-11-14-34-22-27(2)21-28(3)23-39(55-9)42-40(56-10)25-31(6)46(53,59-42)43(50)44(51)47-20-13-12-15-35(47)45(52)58-41(29(4)16-18-36(34)49)30(5)24-33-17-19-37(57-32(7)48)38(26-33)54-8/h11,16,18,22,24,28-29,31,33-35,37-42,53H,1,12-15,17,19-21,23,25-26H2,2-10H3. The monoisotopic (exact) mass is 827 g/mol. The topological polar surface area (TPSA) is 164 Å². The van der Waals surface area contributed by atoms with Crippen LogP contribution in [0.4, 0.5) is 0 Å². The van der Waals surface area contributed by atoms with Crippen LogP contribution in [0.25, 0.3) is 0 Å². The molecule has 0 aromatic rings. The lowest BCUT2D eigenvalue weighted by molar-refractivity contribution is -0.302. The molecule has 2 bridgehead atoms. The Balaban J connectivity index is 1.76. The highest BCUT2D eigenvalue weighted by Crippen LogP contribution is 2.39. The molecule has 13 unspecified atom stereocenters. The van der Waals surface area contributed by atoms with E-state index in [-0.39, 0.29) is 55.2 Å². The number of allylic oxidation sites excluding steroid dienone is 5. The van der Waals surface area contributed by atoms with Crippen molar-refractivity contribution < 1.29 is 57.5 Å². The highest BCUT2D eigenvalue weighted by molar-refractivity contribution is 6.39. The van der Waals surface area contributed by atoms with Crippen LogP contribution in [0.15, 0.2) is 48.1 Å². The number of hydrogen-bond acceptors (Lipinski definition) is 12. The van der Waals surface area contributed by atoms with Crippen LogP contribution in [0, 0.1) is 29.6 Å². The largest absolute Gasteiger partial charge is 0.460 e. The summed E-state index contributed by atoms with van der Waals surface area (Å²) in [5.41, 5.74) is 1.74. The molecule has 2 saturated heterocycles. The molecule has 13 heteroatoms. The van der Waals surface area contributed by atoms with E-state index in [0.717, 1.165) is 11.1 Å². The van der Waals surface area contributed by atoms with Crippen LogP contribution >= 0.6 is 0 Å². The van der Waals surface area contributed by atoms with Gasteiger partial charge in [-0.25, -0.2) is 4.79 Å². The van der Waals surface area contributed by atoms with Crippen LogP contribution in [0.5, 0.6) is 0 Å². The third-order valence-corrected chi connectivity index (χ3v) is 12.7. The number of methoxy groups -OCH3 is 3. The van der Waals surface area contributed by atoms with E-state index in [2.05, 4.69) is 19.6 Å². The Hall–Kier alpha value is -3.49. The van der Waals surface area contributed by atoms with Crippen molar-refractivity contribution in [3.63, 3.8) is 0 Å². The highest BCUT2D eigenvalue weighted by Gasteiger charge is 2.56. The zero-order valence-electron chi connectivity index (χ0n) is 36.7. The summed E-state index contributed by atoms with van der Waals surface area (Å²) in [6, 6.07) is -1.10. The first-order valence-corrected chi connectivity index (χ1v) is 21.4. The summed E-state index contributed by atoms with van der Waals surface area (Å²) >= 11 is 0. The van der Waals surface area contributed by atoms with Gasteiger partial charge in [-0.05, 0) is 102 Å². The maximum atomic E-state index is 14.3. The summed E-state index contributed by atoms with van der Waals surface area (Å²) in [6.45, 7) is 14.8. The number of carbonyl (C=O) groups excluding carboxylic acids is 5. The van der Waals surface area contributed by atoms with E-state index in [0.29, 0.717) is 51.4 Å². The number of hydrogen-bond donors (Lipinski definition) is 1. The van der Waals surface area contributed by atoms with Crippen LogP contribution in [-0.2, 0) is 52.4 Å². The number of rotatable bonds is 8. The third-order valence-electron chi connectivity index (χ3n) is 12.7. The van der Waals surface area contributed by atoms with Crippen molar-refractivity contribution >= 4 is 29.4 Å². The van der Waals surface area contributed by atoms with E-state index >= 15 is 0 Å². The van der Waals surface area contributed by atoms with Crippen molar-refractivity contribution in [3.05, 3.63) is 48.1 Å². The first-order valence-electron chi connectivity index (χ1n) is 21.4. The summed E-state index contributed by atoms with van der Waals surface area (Å²) < 4.78 is 35.6. The van der Waals surface area contributed by atoms with Gasteiger partial charge in [0, 0.05) is 52.6 Å². The van der Waals surface area contributed by atoms with Gasteiger partial charge in [0.1, 0.15) is 24.4 Å². The number of amides is 1. The average Bonchev–Trinajstić information content (AvgIpc) is 3.20. The zero-order valence-corrected chi connectivity index (χ0v) is 36.7. The lowest BCUT2D eigenvalue weighted by Gasteiger charge is -2.47. The van der Waals surface area contributed by atoms with Crippen LogP contribution < -0.4 is 0 Å². The molecule has 1 saturated carbocycles. The minimum atomic E-state index is -2.49. The molecular weight excluding hydrogens is 759 g/mol. The van der Waals surface area contributed by atoms with Crippen LogP contribution in [0.1, 0.15) is 106 Å². The van der Waals surface area contributed by atoms with E-state index in [4.69, 9.17) is 28.4 Å². The zero-order chi connectivity index (χ0) is 43.6. The number of ether oxygens (including phenoxy) is 6. The Morgan fingerprint density at radius 3 is 2.27 bits per heavy atom. The van der Waals surface area contributed by atoms with E-state index in [1.54, 1.807) is 32.3 Å². The normalized spacial score (nSPS) is 37.4. The van der Waals surface area contributed by atoms with Crippen molar-refractivity contribution in [2.75, 3.05) is 27.9 Å². The summed E-state index contributed by atoms with van der Waals surface area (Å²) in [5, 5.41) is 12.1. The first-order chi connectivity index (χ1) is 28.0. The number of carbonyl (C=O) groups is 5. The van der Waals surface area contributed by atoms with Crippen LogP contribution in [0.3, 0.4) is 0 Å². The van der Waals surface area contributed by atoms with Gasteiger partial charge >= 0.3 is 11.9 Å². The minimum Gasteiger partial charge on any atom is -0.460 e. The Morgan fingerprint density at radius 2 is 1.63 bits per heavy atom. The Labute approximate surface area is 350 Å². The van der Waals surface area contributed by atoms with E-state index in [1.807, 2.05) is 26.8 Å². The Bertz CT molecular complexity index is 1600. The van der Waals surface area contributed by atoms with Gasteiger partial charge < -0.3 is 38.4 Å². The molecule has 3 heterocycles. The van der Waals surface area contributed by atoms with Gasteiger partial charge in [0.15, 0.2) is 5.78 Å². The molecule has 0 radical (unpaired) electrons. The van der Waals surface area contributed by atoms with Crippen LogP contribution in [0.2, 0.25) is 0 Å². The summed E-state index contributed by atoms with van der Waals surface area (Å²) in [7, 11) is 4.66. The van der Waals surface area contributed by atoms with Gasteiger partial charge in [0.2, 0.25) is 5.79 Å². The number of ketones is 2. The maximum Gasteiger partial charge on any atom is 0.329 e. The van der Waals surface area contributed by atoms with Gasteiger partial charge in [0.25, 0.3) is 11.7 Å². The smallest absolute Gasteiger partial charge is 0.329 e. The first kappa shape index (κ1) is 48.2. The molecule has 13 nitrogen and oxygen atoms in total. The van der Waals surface area contributed by atoms with Gasteiger partial charge in [0.05, 0.1) is 18.3 Å². The Kier molecular flexibility index (Phi) is 17.8. The summed E-state index contributed by atoms with van der Waals surface area (Å²) in [5.74, 6) is -7.52. The van der Waals surface area contributed by atoms with Crippen molar-refractivity contribution in [1.29, 1.82) is 0 Å². The number of fused-ring (bicyclic) bond motifs is 3. The second-order valence-corrected chi connectivity index (χ2v) is 17.4. The number of cyclic esters (lactones) is 1. The number of esters is 2. The number of nitrogens with zero attached hydrogens (tertiary/aromatic N) is 1. The molecule has 1 amide bonds. The van der Waals surface area contributed by atoms with Crippen LogP contribution in [-0.4, -0.2) is 116 Å². The molecule has 1 N–H and O–H groups in total. The van der Waals surface area contributed by atoms with E-state index in [9.17, 15) is 29.1 Å². The highest BCUT2D eigenvalue weighted by atomic mass is 16.7. The van der Waals surface area contributed by atoms with Gasteiger partial charge in [-0.15, -0.1) is 6.58 Å². The SMILES string of the molecule is C=CCC1C=C(C)CC(C)CC(OC)C2OC(O)(C(=O)C(=O)N3CCCCC3C(=O)OC(C(C)=CC3CCC(OC(C)=O)C(OC)C3)C(C)C=CC1=O)C(C)CC2OC. The quantitative estimate of drug-likeness (QED) is 0.172. The van der Waals surface area contributed by atoms with E-state index < -0.39 is 71.7 Å². The van der Waals surface area contributed by atoms with Crippen molar-refractivity contribution in [3.8, 4) is 0 Å². The Morgan fingerprint density at radius 1 is 0.949 bits per heavy atom. The van der Waals surface area contributed by atoms with Gasteiger partial charge in [-0.1, -0.05) is 50.6 Å². The summed E-state index contributed by atoms with van der Waals surface area (Å²) in [4.78, 5) is 69.6. The second-order valence-electron chi connectivity index (χ2n) is 17.4. The van der Waals surface area contributed by atoms with Gasteiger partial charge in [-0.2, -0.15) is 0 Å². The second kappa shape index (κ2) is 21.9. The van der Waals surface area contributed by atoms with Crippen molar-refractivity contribution in [2.45, 2.75) is 154 Å². The predicted octanol–water partition coefficient (Wildman–Crippen LogP) is 6.02. The van der Waals surface area contributed by atoms with Crippen molar-refractivity contribution in [2.24, 2.45) is 29.6 Å². The molecule has 0 aromatic heterocycles. The molecular formula is C46H69NO12. The van der Waals surface area contributed by atoms with Gasteiger partial charge in [-0.3, -0.25) is 19.2 Å². The van der Waals surface area contributed by atoms with Crippen molar-refractivity contribution in [1.82, 2.24) is 4.90 Å². The molecule has 1 aliphatic carbocycles. The molecule has 59 heavy (non-hydrogen) atoms. The molecule has 4 aliphatic rings. The molecule has 330 valence electrons. The number of piperidine rings is 1. The number of Topliss-reactive ketones (excluding diaryl/α,β-unsaturated/α-hetero) is 1. The molecule has 3 fully saturated rings. The molecule has 13 atom stereocenters. The maximum absolute atomic E-state index is 14.3. The minimum absolute atomic E-state index is 0.0173. The fourth-order valence-electron chi connectivity index (χ4n) is 9.46. The fourth-order valence-corrected chi connectivity index (χ4v) is 9.46. The molecule has 3 aliphatic heterocycles. The predicted molar refractivity (Wildman–Crippen MR) is 221 cm³/mol. The molecule has 0 aromatic carbocycles. The lowest BCUT2D eigenvalue weighted by Crippen LogP contribution is -2.64. The summed E-state index contributed by atoms with van der Waals surface area (Å²) in [6.07, 6.45) is 10.6. The molecule has 4 rings (SSSR count). The molecule has 0 spiro atoms. The lowest BCUT2D eigenvalue weighted by atomic mass is 9.82. The fraction of sp³-hybridized carbons (Fsp3) is 0.717. The van der Waals surface area contributed by atoms with E-state index in [1.165, 1.54) is 26.0 Å². The number of aliphatic hydroxyl groups is 1.